The zero-order valence-corrected chi connectivity index (χ0v) is 9.21. The maximum Gasteiger partial charge on any atom is 0.471 e. The molecule has 0 aliphatic heterocycles. The molecule has 100 valence electrons. The van der Waals surface area contributed by atoms with E-state index in [1.807, 2.05) is 0 Å². The van der Waals surface area contributed by atoms with Gasteiger partial charge >= 0.3 is 12.1 Å². The van der Waals surface area contributed by atoms with Gasteiger partial charge in [0.2, 0.25) is 5.91 Å². The highest BCUT2D eigenvalue weighted by atomic mass is 19.4. The van der Waals surface area contributed by atoms with Gasteiger partial charge in [0.1, 0.15) is 5.76 Å². The number of amides is 2. The van der Waals surface area contributed by atoms with Gasteiger partial charge in [-0.1, -0.05) is 0 Å². The number of carbonyl (C=O) groups excluding carboxylic acids is 2. The molecule has 1 aromatic heterocycles. The lowest BCUT2D eigenvalue weighted by molar-refractivity contribution is -0.173. The molecule has 8 heteroatoms. The highest BCUT2D eigenvalue weighted by molar-refractivity contribution is 5.82. The minimum atomic E-state index is -4.93. The van der Waals surface area contributed by atoms with Crippen LogP contribution >= 0.6 is 0 Å². The fraction of sp³-hybridized carbons (Fsp3) is 0.400. The Kier molecular flexibility index (Phi) is 4.75. The lowest BCUT2D eigenvalue weighted by Crippen LogP contribution is -2.38. The first-order valence-electron chi connectivity index (χ1n) is 5.03. The molecule has 0 radical (unpaired) electrons. The molecule has 0 unspecified atom stereocenters. The van der Waals surface area contributed by atoms with Crippen LogP contribution in [0.5, 0.6) is 0 Å². The van der Waals surface area contributed by atoms with Crippen LogP contribution < -0.4 is 10.6 Å². The number of furan rings is 1. The van der Waals surface area contributed by atoms with E-state index in [2.05, 4.69) is 5.32 Å². The predicted octanol–water partition coefficient (Wildman–Crippen LogP) is 0.964. The monoisotopic (exact) mass is 264 g/mol. The van der Waals surface area contributed by atoms with Gasteiger partial charge in [0.05, 0.1) is 12.8 Å². The Balaban J connectivity index is 2.16. The Morgan fingerprint density at radius 1 is 1.28 bits per heavy atom. The van der Waals surface area contributed by atoms with E-state index in [1.165, 1.54) is 6.26 Å². The van der Waals surface area contributed by atoms with Crippen LogP contribution in [-0.4, -0.2) is 24.5 Å². The molecule has 0 atom stereocenters. The molecular formula is C10H11F3N2O3. The summed E-state index contributed by atoms with van der Waals surface area (Å²) in [6.07, 6.45) is -3.72. The van der Waals surface area contributed by atoms with Gasteiger partial charge < -0.3 is 15.1 Å². The van der Waals surface area contributed by atoms with Gasteiger partial charge in [0.25, 0.3) is 0 Å². The Morgan fingerprint density at radius 3 is 2.56 bits per heavy atom. The molecule has 0 aliphatic carbocycles. The predicted molar refractivity (Wildman–Crippen MR) is 54.2 cm³/mol. The van der Waals surface area contributed by atoms with Crippen molar-refractivity contribution in [1.29, 1.82) is 0 Å². The zero-order valence-electron chi connectivity index (χ0n) is 9.21. The van der Waals surface area contributed by atoms with Crippen molar-refractivity contribution in [2.24, 2.45) is 0 Å². The minimum Gasteiger partial charge on any atom is -0.467 e. The van der Waals surface area contributed by atoms with Crippen LogP contribution in [0.1, 0.15) is 12.2 Å². The van der Waals surface area contributed by atoms with Gasteiger partial charge in [-0.2, -0.15) is 13.2 Å². The SMILES string of the molecule is O=C(CCNC(=O)C(F)(F)F)NCc1ccco1. The van der Waals surface area contributed by atoms with Crippen molar-refractivity contribution in [3.63, 3.8) is 0 Å². The number of rotatable bonds is 5. The van der Waals surface area contributed by atoms with E-state index in [0.29, 0.717) is 5.76 Å². The summed E-state index contributed by atoms with van der Waals surface area (Å²) in [6, 6.07) is 3.29. The summed E-state index contributed by atoms with van der Waals surface area (Å²) < 4.78 is 40.3. The molecule has 18 heavy (non-hydrogen) atoms. The zero-order chi connectivity index (χ0) is 13.6. The number of hydrogen-bond donors (Lipinski definition) is 2. The largest absolute Gasteiger partial charge is 0.471 e. The van der Waals surface area contributed by atoms with Crippen LogP contribution in [0, 0.1) is 0 Å². The van der Waals surface area contributed by atoms with Crippen molar-refractivity contribution < 1.29 is 27.2 Å². The van der Waals surface area contributed by atoms with E-state index in [0.717, 1.165) is 0 Å². The molecule has 2 amide bonds. The van der Waals surface area contributed by atoms with E-state index in [9.17, 15) is 22.8 Å². The molecule has 1 rings (SSSR count). The number of halogens is 3. The third-order valence-electron chi connectivity index (χ3n) is 1.93. The molecule has 0 aromatic carbocycles. The summed E-state index contributed by atoms with van der Waals surface area (Å²) >= 11 is 0. The van der Waals surface area contributed by atoms with Crippen molar-refractivity contribution >= 4 is 11.8 Å². The molecule has 0 fully saturated rings. The van der Waals surface area contributed by atoms with E-state index in [-0.39, 0.29) is 19.5 Å². The van der Waals surface area contributed by atoms with Crippen LogP contribution in [0.2, 0.25) is 0 Å². The maximum absolute atomic E-state index is 11.8. The Bertz CT molecular complexity index is 401. The average Bonchev–Trinajstić information content (AvgIpc) is 2.77. The standard InChI is InChI=1S/C10H11F3N2O3/c11-10(12,13)9(17)14-4-3-8(16)15-6-7-2-1-5-18-7/h1-2,5H,3-4,6H2,(H,14,17)(H,15,16). The maximum atomic E-state index is 11.8. The van der Waals surface area contributed by atoms with Crippen molar-refractivity contribution in [3.05, 3.63) is 24.2 Å². The quantitative estimate of drug-likeness (QED) is 0.832. The van der Waals surface area contributed by atoms with Gasteiger partial charge in [-0.15, -0.1) is 0 Å². The van der Waals surface area contributed by atoms with Crippen molar-refractivity contribution in [2.75, 3.05) is 6.54 Å². The molecule has 0 saturated carbocycles. The molecule has 5 nitrogen and oxygen atoms in total. The molecule has 0 spiro atoms. The van der Waals surface area contributed by atoms with Gasteiger partial charge in [-0.3, -0.25) is 9.59 Å². The first-order valence-corrected chi connectivity index (χ1v) is 5.03. The summed E-state index contributed by atoms with van der Waals surface area (Å²) in [5, 5.41) is 4.03. The van der Waals surface area contributed by atoms with Crippen LogP contribution in [0.4, 0.5) is 13.2 Å². The van der Waals surface area contributed by atoms with E-state index >= 15 is 0 Å². The fourth-order valence-corrected chi connectivity index (χ4v) is 1.08. The highest BCUT2D eigenvalue weighted by Gasteiger charge is 2.38. The second-order valence-corrected chi connectivity index (χ2v) is 3.36. The average molecular weight is 264 g/mol. The van der Waals surface area contributed by atoms with Gasteiger partial charge in [-0.25, -0.2) is 0 Å². The van der Waals surface area contributed by atoms with Crippen molar-refractivity contribution in [1.82, 2.24) is 10.6 Å². The van der Waals surface area contributed by atoms with Crippen LogP contribution in [0.15, 0.2) is 22.8 Å². The third-order valence-corrected chi connectivity index (χ3v) is 1.93. The Hall–Kier alpha value is -1.99. The van der Waals surface area contributed by atoms with Gasteiger partial charge in [-0.05, 0) is 12.1 Å². The number of alkyl halides is 3. The molecular weight excluding hydrogens is 253 g/mol. The second kappa shape index (κ2) is 6.08. The smallest absolute Gasteiger partial charge is 0.467 e. The number of nitrogens with one attached hydrogen (secondary N) is 2. The molecule has 0 saturated heterocycles. The summed E-state index contributed by atoms with van der Waals surface area (Å²) in [5.74, 6) is -2.00. The van der Waals surface area contributed by atoms with E-state index in [4.69, 9.17) is 4.42 Å². The molecule has 1 aromatic rings. The third kappa shape index (κ3) is 4.89. The molecule has 1 heterocycles. The highest BCUT2D eigenvalue weighted by Crippen LogP contribution is 2.13. The lowest BCUT2D eigenvalue weighted by Gasteiger charge is -2.07. The van der Waals surface area contributed by atoms with Gasteiger partial charge in [0.15, 0.2) is 0 Å². The van der Waals surface area contributed by atoms with E-state index < -0.39 is 18.0 Å². The van der Waals surface area contributed by atoms with Crippen molar-refractivity contribution in [2.45, 2.75) is 19.1 Å². The van der Waals surface area contributed by atoms with Crippen molar-refractivity contribution in [3.8, 4) is 0 Å². The molecule has 0 aliphatic rings. The molecule has 0 bridgehead atoms. The summed E-state index contributed by atoms with van der Waals surface area (Å²) in [6.45, 7) is -0.221. The van der Waals surface area contributed by atoms with Crippen LogP contribution in [-0.2, 0) is 16.1 Å². The Labute approximate surface area is 100 Å². The minimum absolute atomic E-state index is 0.152. The Morgan fingerprint density at radius 2 is 2.00 bits per heavy atom. The normalized spacial score (nSPS) is 11.1. The van der Waals surface area contributed by atoms with Crippen LogP contribution in [0.25, 0.3) is 0 Å². The summed E-state index contributed by atoms with van der Waals surface area (Å²) in [7, 11) is 0. The topological polar surface area (TPSA) is 71.3 Å². The van der Waals surface area contributed by atoms with Gasteiger partial charge in [0, 0.05) is 13.0 Å². The summed E-state index contributed by atoms with van der Waals surface area (Å²) in [4.78, 5) is 21.6. The number of carbonyl (C=O) groups is 2. The second-order valence-electron chi connectivity index (χ2n) is 3.36. The summed E-state index contributed by atoms with van der Waals surface area (Å²) in [5.41, 5.74) is 0. The number of hydrogen-bond acceptors (Lipinski definition) is 3. The van der Waals surface area contributed by atoms with Crippen LogP contribution in [0.3, 0.4) is 0 Å². The van der Waals surface area contributed by atoms with E-state index in [1.54, 1.807) is 17.4 Å². The first-order chi connectivity index (χ1) is 8.39. The fourth-order valence-electron chi connectivity index (χ4n) is 1.08. The molecule has 2 N–H and O–H groups in total. The lowest BCUT2D eigenvalue weighted by atomic mass is 10.3. The first kappa shape index (κ1) is 14.1.